The van der Waals surface area contributed by atoms with Gasteiger partial charge in [-0.25, -0.2) is 4.98 Å². The summed E-state index contributed by atoms with van der Waals surface area (Å²) in [7, 11) is 1.61. The Morgan fingerprint density at radius 2 is 2.50 bits per heavy atom. The second-order valence-corrected chi connectivity index (χ2v) is 3.58. The SMILES string of the molecule is CCC1CC1Nc1nccc(OC)n1. The molecule has 4 nitrogen and oxygen atoms in total. The van der Waals surface area contributed by atoms with E-state index in [9.17, 15) is 0 Å². The monoisotopic (exact) mass is 193 g/mol. The highest BCUT2D eigenvalue weighted by Crippen LogP contribution is 2.35. The van der Waals surface area contributed by atoms with Gasteiger partial charge in [-0.1, -0.05) is 13.3 Å². The molecule has 0 bridgehead atoms. The van der Waals surface area contributed by atoms with Crippen LogP contribution in [0.4, 0.5) is 5.95 Å². The van der Waals surface area contributed by atoms with Crippen molar-refractivity contribution in [2.45, 2.75) is 25.8 Å². The van der Waals surface area contributed by atoms with Gasteiger partial charge >= 0.3 is 0 Å². The van der Waals surface area contributed by atoms with Crippen molar-refractivity contribution in [2.75, 3.05) is 12.4 Å². The summed E-state index contributed by atoms with van der Waals surface area (Å²) in [5.41, 5.74) is 0. The van der Waals surface area contributed by atoms with E-state index in [-0.39, 0.29) is 0 Å². The number of nitrogens with one attached hydrogen (secondary N) is 1. The third-order valence-electron chi connectivity index (χ3n) is 2.60. The van der Waals surface area contributed by atoms with E-state index >= 15 is 0 Å². The minimum Gasteiger partial charge on any atom is -0.481 e. The van der Waals surface area contributed by atoms with Crippen molar-refractivity contribution in [2.24, 2.45) is 5.92 Å². The fourth-order valence-electron chi connectivity index (χ4n) is 1.57. The molecule has 2 unspecified atom stereocenters. The van der Waals surface area contributed by atoms with Crippen molar-refractivity contribution in [1.29, 1.82) is 0 Å². The number of aromatic nitrogens is 2. The minimum atomic E-state index is 0.562. The Kier molecular flexibility index (Phi) is 2.52. The second kappa shape index (κ2) is 3.82. The Morgan fingerprint density at radius 1 is 1.64 bits per heavy atom. The number of hydrogen-bond acceptors (Lipinski definition) is 4. The van der Waals surface area contributed by atoms with Gasteiger partial charge in [0.05, 0.1) is 7.11 Å². The number of methoxy groups -OCH3 is 1. The number of rotatable bonds is 4. The lowest BCUT2D eigenvalue weighted by atomic mass is 10.3. The van der Waals surface area contributed by atoms with Crippen LogP contribution < -0.4 is 10.1 Å². The van der Waals surface area contributed by atoms with Crippen LogP contribution in [0.2, 0.25) is 0 Å². The van der Waals surface area contributed by atoms with Gasteiger partial charge in [-0.15, -0.1) is 0 Å². The molecular weight excluding hydrogens is 178 g/mol. The molecule has 1 aromatic heterocycles. The van der Waals surface area contributed by atoms with Crippen LogP contribution in [-0.2, 0) is 0 Å². The Bertz CT molecular complexity index is 316. The molecule has 0 radical (unpaired) electrons. The highest BCUT2D eigenvalue weighted by Gasteiger charge is 2.35. The first-order valence-corrected chi connectivity index (χ1v) is 4.97. The Morgan fingerprint density at radius 3 is 3.14 bits per heavy atom. The average molecular weight is 193 g/mol. The molecule has 0 saturated heterocycles. The fourth-order valence-corrected chi connectivity index (χ4v) is 1.57. The fraction of sp³-hybridized carbons (Fsp3) is 0.600. The highest BCUT2D eigenvalue weighted by molar-refractivity contribution is 5.31. The number of anilines is 1. The Labute approximate surface area is 83.7 Å². The van der Waals surface area contributed by atoms with Crippen LogP contribution in [0, 0.1) is 5.92 Å². The molecule has 1 aliphatic carbocycles. The van der Waals surface area contributed by atoms with Gasteiger partial charge in [-0.05, 0) is 12.3 Å². The molecule has 1 fully saturated rings. The maximum absolute atomic E-state index is 5.02. The molecule has 1 heterocycles. The largest absolute Gasteiger partial charge is 0.481 e. The zero-order valence-corrected chi connectivity index (χ0v) is 8.53. The zero-order valence-electron chi connectivity index (χ0n) is 8.53. The molecule has 1 N–H and O–H groups in total. The van der Waals surface area contributed by atoms with Gasteiger partial charge in [0.1, 0.15) is 0 Å². The topological polar surface area (TPSA) is 47.0 Å². The molecule has 1 aromatic rings. The van der Waals surface area contributed by atoms with Crippen LogP contribution in [0.3, 0.4) is 0 Å². The quantitative estimate of drug-likeness (QED) is 0.790. The minimum absolute atomic E-state index is 0.562. The predicted octanol–water partition coefficient (Wildman–Crippen LogP) is 1.70. The average Bonchev–Trinajstić information content (AvgIpc) is 2.97. The smallest absolute Gasteiger partial charge is 0.226 e. The van der Waals surface area contributed by atoms with E-state index in [2.05, 4.69) is 22.2 Å². The van der Waals surface area contributed by atoms with E-state index in [0.717, 1.165) is 5.92 Å². The summed E-state index contributed by atoms with van der Waals surface area (Å²) in [6.45, 7) is 2.21. The van der Waals surface area contributed by atoms with Crippen LogP contribution >= 0.6 is 0 Å². The molecule has 2 rings (SSSR count). The van der Waals surface area contributed by atoms with Gasteiger partial charge < -0.3 is 10.1 Å². The number of nitrogens with zero attached hydrogens (tertiary/aromatic N) is 2. The Hall–Kier alpha value is -1.32. The summed E-state index contributed by atoms with van der Waals surface area (Å²) in [4.78, 5) is 8.33. The van der Waals surface area contributed by atoms with E-state index in [4.69, 9.17) is 4.74 Å². The Balaban J connectivity index is 1.96. The van der Waals surface area contributed by atoms with E-state index in [1.54, 1.807) is 19.4 Å². The molecule has 1 aliphatic rings. The van der Waals surface area contributed by atoms with Gasteiger partial charge in [0.2, 0.25) is 11.8 Å². The molecular formula is C10H15N3O. The van der Waals surface area contributed by atoms with Crippen LogP contribution in [0.25, 0.3) is 0 Å². The van der Waals surface area contributed by atoms with Crippen LogP contribution in [-0.4, -0.2) is 23.1 Å². The normalized spacial score (nSPS) is 24.4. The highest BCUT2D eigenvalue weighted by atomic mass is 16.5. The van der Waals surface area contributed by atoms with Gasteiger partial charge in [0.25, 0.3) is 0 Å². The van der Waals surface area contributed by atoms with Gasteiger partial charge in [-0.3, -0.25) is 0 Å². The first-order valence-electron chi connectivity index (χ1n) is 4.97. The maximum atomic E-state index is 5.02. The van der Waals surface area contributed by atoms with Crippen LogP contribution in [0.15, 0.2) is 12.3 Å². The standard InChI is InChI=1S/C10H15N3O/c1-3-7-6-8(7)12-10-11-5-4-9(13-10)14-2/h4-5,7-8H,3,6H2,1-2H3,(H,11,12,13). The summed E-state index contributed by atoms with van der Waals surface area (Å²) in [6, 6.07) is 2.31. The summed E-state index contributed by atoms with van der Waals surface area (Å²) >= 11 is 0. The predicted molar refractivity (Wildman–Crippen MR) is 54.4 cm³/mol. The van der Waals surface area contributed by atoms with Crippen molar-refractivity contribution in [3.8, 4) is 5.88 Å². The van der Waals surface area contributed by atoms with Crippen molar-refractivity contribution in [3.63, 3.8) is 0 Å². The molecule has 1 saturated carbocycles. The molecule has 0 aliphatic heterocycles. The van der Waals surface area contributed by atoms with E-state index in [1.807, 2.05) is 0 Å². The van der Waals surface area contributed by atoms with Crippen LogP contribution in [0.5, 0.6) is 5.88 Å². The molecule has 14 heavy (non-hydrogen) atoms. The summed E-state index contributed by atoms with van der Waals surface area (Å²) in [5.74, 6) is 2.08. The van der Waals surface area contributed by atoms with Crippen molar-refractivity contribution < 1.29 is 4.74 Å². The summed E-state index contributed by atoms with van der Waals surface area (Å²) < 4.78 is 5.02. The molecule has 0 amide bonds. The van der Waals surface area contributed by atoms with E-state index in [0.29, 0.717) is 17.9 Å². The van der Waals surface area contributed by atoms with Gasteiger partial charge in [0, 0.05) is 18.3 Å². The first-order chi connectivity index (χ1) is 6.83. The van der Waals surface area contributed by atoms with Gasteiger partial charge in [-0.2, -0.15) is 4.98 Å². The maximum Gasteiger partial charge on any atom is 0.226 e. The lowest BCUT2D eigenvalue weighted by Gasteiger charge is -2.04. The lowest BCUT2D eigenvalue weighted by molar-refractivity contribution is 0.397. The molecule has 76 valence electrons. The lowest BCUT2D eigenvalue weighted by Crippen LogP contribution is -2.08. The third-order valence-corrected chi connectivity index (χ3v) is 2.60. The first kappa shape index (κ1) is 9.24. The van der Waals surface area contributed by atoms with E-state index in [1.165, 1.54) is 12.8 Å². The molecule has 4 heteroatoms. The molecule has 0 spiro atoms. The number of hydrogen-bond donors (Lipinski definition) is 1. The van der Waals surface area contributed by atoms with E-state index < -0.39 is 0 Å². The summed E-state index contributed by atoms with van der Waals surface area (Å²) in [5, 5.41) is 3.29. The zero-order chi connectivity index (χ0) is 9.97. The third kappa shape index (κ3) is 1.95. The van der Waals surface area contributed by atoms with Crippen LogP contribution in [0.1, 0.15) is 19.8 Å². The van der Waals surface area contributed by atoms with Crippen molar-refractivity contribution in [3.05, 3.63) is 12.3 Å². The molecule has 2 atom stereocenters. The summed E-state index contributed by atoms with van der Waals surface area (Å²) in [6.07, 6.45) is 4.16. The molecule has 0 aromatic carbocycles. The van der Waals surface area contributed by atoms with Crippen molar-refractivity contribution in [1.82, 2.24) is 9.97 Å². The van der Waals surface area contributed by atoms with Gasteiger partial charge in [0.15, 0.2) is 0 Å². The number of ether oxygens (including phenoxy) is 1. The van der Waals surface area contributed by atoms with Crippen molar-refractivity contribution >= 4 is 5.95 Å². The second-order valence-electron chi connectivity index (χ2n) is 3.58.